The standard InChI is InChI=1S/C18H26N2/c19-5-1-2-17-4-3-16(12-20-17)18-9-13-6-14(10-18)8-15(7-13)11-18/h3-4,12-15H,1-2,5-11,19H2. The van der Waals surface area contributed by atoms with Crippen LogP contribution >= 0.6 is 0 Å². The lowest BCUT2D eigenvalue weighted by molar-refractivity contribution is -0.00534. The molecule has 0 amide bonds. The van der Waals surface area contributed by atoms with Crippen molar-refractivity contribution in [1.82, 2.24) is 4.98 Å². The predicted molar refractivity (Wildman–Crippen MR) is 81.5 cm³/mol. The Morgan fingerprint density at radius 3 is 2.20 bits per heavy atom. The molecule has 2 nitrogen and oxygen atoms in total. The van der Waals surface area contributed by atoms with Gasteiger partial charge in [-0.15, -0.1) is 0 Å². The zero-order chi connectivity index (χ0) is 13.6. The second-order valence-electron chi connectivity index (χ2n) is 7.63. The molecular formula is C18H26N2. The zero-order valence-electron chi connectivity index (χ0n) is 12.4. The molecule has 20 heavy (non-hydrogen) atoms. The smallest absolute Gasteiger partial charge is 0.0404 e. The lowest BCUT2D eigenvalue weighted by atomic mass is 9.48. The van der Waals surface area contributed by atoms with Crippen LogP contribution in [0.1, 0.15) is 56.2 Å². The maximum absolute atomic E-state index is 5.58. The minimum atomic E-state index is 0.494. The average Bonchev–Trinajstić information content (AvgIpc) is 2.44. The molecule has 108 valence electrons. The number of nitrogens with two attached hydrogens (primary N) is 1. The highest BCUT2D eigenvalue weighted by Gasteiger charge is 2.51. The minimum Gasteiger partial charge on any atom is -0.330 e. The molecule has 1 aromatic heterocycles. The third-order valence-corrected chi connectivity index (χ3v) is 6.11. The fourth-order valence-electron chi connectivity index (χ4n) is 5.63. The van der Waals surface area contributed by atoms with Gasteiger partial charge in [-0.05, 0) is 92.7 Å². The van der Waals surface area contributed by atoms with Gasteiger partial charge >= 0.3 is 0 Å². The van der Waals surface area contributed by atoms with Gasteiger partial charge in [0.05, 0.1) is 0 Å². The summed E-state index contributed by atoms with van der Waals surface area (Å²) in [7, 11) is 0. The molecule has 4 aliphatic rings. The number of rotatable bonds is 4. The summed E-state index contributed by atoms with van der Waals surface area (Å²) in [4.78, 5) is 4.72. The van der Waals surface area contributed by atoms with Crippen molar-refractivity contribution in [2.24, 2.45) is 23.5 Å². The van der Waals surface area contributed by atoms with Gasteiger partial charge in [-0.2, -0.15) is 0 Å². The number of pyridine rings is 1. The number of nitrogens with zero attached hydrogens (tertiary/aromatic N) is 1. The molecule has 0 aliphatic heterocycles. The number of hydrogen-bond donors (Lipinski definition) is 1. The van der Waals surface area contributed by atoms with E-state index in [-0.39, 0.29) is 0 Å². The molecule has 0 aromatic carbocycles. The van der Waals surface area contributed by atoms with E-state index in [0.29, 0.717) is 5.41 Å². The zero-order valence-corrected chi connectivity index (χ0v) is 12.4. The number of aryl methyl sites for hydroxylation is 1. The summed E-state index contributed by atoms with van der Waals surface area (Å²) in [5.41, 5.74) is 8.82. The van der Waals surface area contributed by atoms with Gasteiger partial charge in [-0.25, -0.2) is 0 Å². The fraction of sp³-hybridized carbons (Fsp3) is 0.722. The Balaban J connectivity index is 1.57. The van der Waals surface area contributed by atoms with E-state index in [1.165, 1.54) is 49.8 Å². The van der Waals surface area contributed by atoms with Crippen molar-refractivity contribution in [3.8, 4) is 0 Å². The van der Waals surface area contributed by atoms with Crippen molar-refractivity contribution in [1.29, 1.82) is 0 Å². The lowest BCUT2D eigenvalue weighted by Crippen LogP contribution is -2.48. The van der Waals surface area contributed by atoms with Gasteiger partial charge in [0.15, 0.2) is 0 Å². The van der Waals surface area contributed by atoms with Crippen molar-refractivity contribution >= 4 is 0 Å². The Morgan fingerprint density at radius 1 is 1.05 bits per heavy atom. The van der Waals surface area contributed by atoms with Gasteiger partial charge in [0.1, 0.15) is 0 Å². The van der Waals surface area contributed by atoms with Crippen molar-refractivity contribution < 1.29 is 0 Å². The van der Waals surface area contributed by atoms with Crippen LogP contribution < -0.4 is 5.73 Å². The monoisotopic (exact) mass is 270 g/mol. The van der Waals surface area contributed by atoms with Crippen LogP contribution in [0.15, 0.2) is 18.3 Å². The predicted octanol–water partition coefficient (Wildman–Crippen LogP) is 3.44. The van der Waals surface area contributed by atoms with E-state index in [1.807, 2.05) is 0 Å². The average molecular weight is 270 g/mol. The van der Waals surface area contributed by atoms with Crippen molar-refractivity contribution in [3.63, 3.8) is 0 Å². The van der Waals surface area contributed by atoms with E-state index < -0.39 is 0 Å². The van der Waals surface area contributed by atoms with Crippen LogP contribution in [0.3, 0.4) is 0 Å². The number of hydrogen-bond acceptors (Lipinski definition) is 2. The molecular weight excluding hydrogens is 244 g/mol. The summed E-state index contributed by atoms with van der Waals surface area (Å²) < 4.78 is 0. The van der Waals surface area contributed by atoms with Crippen molar-refractivity contribution in [2.45, 2.75) is 56.8 Å². The quantitative estimate of drug-likeness (QED) is 0.910. The summed E-state index contributed by atoms with van der Waals surface area (Å²) in [5.74, 6) is 3.04. The van der Waals surface area contributed by atoms with Crippen LogP contribution in [0.4, 0.5) is 0 Å². The van der Waals surface area contributed by atoms with Gasteiger partial charge in [0.2, 0.25) is 0 Å². The summed E-state index contributed by atoms with van der Waals surface area (Å²) in [6.45, 7) is 0.762. The molecule has 0 radical (unpaired) electrons. The van der Waals surface area contributed by atoms with Crippen molar-refractivity contribution in [3.05, 3.63) is 29.6 Å². The molecule has 0 atom stereocenters. The maximum atomic E-state index is 5.58. The van der Waals surface area contributed by atoms with E-state index in [0.717, 1.165) is 37.1 Å². The van der Waals surface area contributed by atoms with Gasteiger partial charge < -0.3 is 5.73 Å². The summed E-state index contributed by atoms with van der Waals surface area (Å²) >= 11 is 0. The fourth-order valence-corrected chi connectivity index (χ4v) is 5.63. The normalized spacial score (nSPS) is 38.4. The largest absolute Gasteiger partial charge is 0.330 e. The molecule has 4 saturated carbocycles. The van der Waals surface area contributed by atoms with Crippen LogP contribution in [0.5, 0.6) is 0 Å². The molecule has 4 aliphatic carbocycles. The summed E-state index contributed by atoms with van der Waals surface area (Å²) in [6.07, 6.45) is 13.1. The highest BCUT2D eigenvalue weighted by atomic mass is 14.7. The second kappa shape index (κ2) is 4.84. The topological polar surface area (TPSA) is 38.9 Å². The van der Waals surface area contributed by atoms with Crippen molar-refractivity contribution in [2.75, 3.05) is 6.54 Å². The summed E-state index contributed by atoms with van der Waals surface area (Å²) in [5, 5.41) is 0. The van der Waals surface area contributed by atoms with E-state index >= 15 is 0 Å². The first-order valence-electron chi connectivity index (χ1n) is 8.43. The molecule has 5 rings (SSSR count). The molecule has 0 saturated heterocycles. The third kappa shape index (κ3) is 2.09. The van der Waals surface area contributed by atoms with Crippen LogP contribution in [0.2, 0.25) is 0 Å². The highest BCUT2D eigenvalue weighted by Crippen LogP contribution is 2.60. The maximum Gasteiger partial charge on any atom is 0.0404 e. The summed E-state index contributed by atoms with van der Waals surface area (Å²) in [6, 6.07) is 4.63. The van der Waals surface area contributed by atoms with Gasteiger partial charge in [-0.3, -0.25) is 4.98 Å². The third-order valence-electron chi connectivity index (χ3n) is 6.11. The Kier molecular flexibility index (Phi) is 3.10. The van der Waals surface area contributed by atoms with Crippen LogP contribution in [-0.2, 0) is 11.8 Å². The van der Waals surface area contributed by atoms with E-state index in [1.54, 1.807) is 0 Å². The Bertz CT molecular complexity index is 441. The molecule has 1 aromatic rings. The minimum absolute atomic E-state index is 0.494. The second-order valence-corrected chi connectivity index (χ2v) is 7.63. The molecule has 4 bridgehead atoms. The van der Waals surface area contributed by atoms with Crippen LogP contribution in [0, 0.1) is 17.8 Å². The highest BCUT2D eigenvalue weighted by molar-refractivity contribution is 5.28. The van der Waals surface area contributed by atoms with Gasteiger partial charge in [0.25, 0.3) is 0 Å². The first-order chi connectivity index (χ1) is 9.77. The van der Waals surface area contributed by atoms with Gasteiger partial charge in [-0.1, -0.05) is 6.07 Å². The molecule has 0 spiro atoms. The first kappa shape index (κ1) is 12.8. The van der Waals surface area contributed by atoms with Crippen LogP contribution in [-0.4, -0.2) is 11.5 Å². The van der Waals surface area contributed by atoms with E-state index in [4.69, 9.17) is 10.7 Å². The van der Waals surface area contributed by atoms with Crippen LogP contribution in [0.25, 0.3) is 0 Å². The SMILES string of the molecule is NCCCc1ccc(C23CC4CC(CC(C4)C2)C3)cn1. The van der Waals surface area contributed by atoms with Gasteiger partial charge in [0, 0.05) is 11.9 Å². The molecule has 1 heterocycles. The van der Waals surface area contributed by atoms with E-state index in [2.05, 4.69) is 18.3 Å². The molecule has 0 unspecified atom stereocenters. The first-order valence-corrected chi connectivity index (χ1v) is 8.43. The molecule has 2 heteroatoms. The lowest BCUT2D eigenvalue weighted by Gasteiger charge is -2.57. The molecule has 2 N–H and O–H groups in total. The molecule has 4 fully saturated rings. The van der Waals surface area contributed by atoms with E-state index in [9.17, 15) is 0 Å². The Labute approximate surface area is 122 Å². The Morgan fingerprint density at radius 2 is 1.70 bits per heavy atom. The number of aromatic nitrogens is 1. The Hall–Kier alpha value is -0.890.